The zero-order valence-electron chi connectivity index (χ0n) is 28.5. The van der Waals surface area contributed by atoms with Gasteiger partial charge in [0.25, 0.3) is 0 Å². The Labute approximate surface area is 293 Å². The summed E-state index contributed by atoms with van der Waals surface area (Å²) < 4.78 is 4.77. The van der Waals surface area contributed by atoms with Crippen molar-refractivity contribution in [3.8, 4) is 27.9 Å². The first-order chi connectivity index (χ1) is 24.5. The number of fused-ring (bicyclic) bond motifs is 6. The molecule has 0 aliphatic rings. The first-order valence-electron chi connectivity index (χ1n) is 17.1. The lowest BCUT2D eigenvalue weighted by Crippen LogP contribution is -1.94. The predicted molar refractivity (Wildman–Crippen MR) is 217 cm³/mol. The largest absolute Gasteiger partial charge is 0.313 e. The van der Waals surface area contributed by atoms with Crippen molar-refractivity contribution in [3.05, 3.63) is 194 Å². The standard InChI is InChI=1S/C48H38N2/c1-5-6-15-33(2)34(3)22-23-35(4)49-46-28-25-37(36-16-9-7-10-17-36)30-43(46)44-31-38(26-29-47(44)49)39-24-27-42-41-20-13-14-21-45(41)50(48(42)32-39)40-18-11-8-12-19-40/h5-32H,1-2H2,3-4H3/b15-6-,34-22+,35-23+. The van der Waals surface area contributed by atoms with Crippen LogP contribution in [0.4, 0.5) is 0 Å². The first kappa shape index (κ1) is 30.9. The molecule has 0 radical (unpaired) electrons. The lowest BCUT2D eigenvalue weighted by atomic mass is 9.99. The number of allylic oxidation sites excluding steroid dienone is 8. The molecule has 240 valence electrons. The molecule has 0 atom stereocenters. The summed E-state index contributed by atoms with van der Waals surface area (Å²) in [5.74, 6) is 0. The number of nitrogens with zero attached hydrogens (tertiary/aromatic N) is 2. The van der Waals surface area contributed by atoms with E-state index in [1.807, 2.05) is 12.2 Å². The molecule has 2 heteroatoms. The lowest BCUT2D eigenvalue weighted by molar-refractivity contribution is 1.18. The van der Waals surface area contributed by atoms with E-state index in [1.54, 1.807) is 6.08 Å². The van der Waals surface area contributed by atoms with Gasteiger partial charge in [-0.1, -0.05) is 128 Å². The molecule has 2 heterocycles. The summed E-state index contributed by atoms with van der Waals surface area (Å²) in [5, 5.41) is 4.97. The first-order valence-corrected chi connectivity index (χ1v) is 17.1. The fraction of sp³-hybridized carbons (Fsp3) is 0.0417. The van der Waals surface area contributed by atoms with Crippen LogP contribution < -0.4 is 0 Å². The van der Waals surface area contributed by atoms with Crippen LogP contribution in [-0.2, 0) is 0 Å². The van der Waals surface area contributed by atoms with E-state index in [9.17, 15) is 0 Å². The fourth-order valence-corrected chi connectivity index (χ4v) is 7.14. The fourth-order valence-electron chi connectivity index (χ4n) is 7.14. The van der Waals surface area contributed by atoms with Gasteiger partial charge in [0.2, 0.25) is 0 Å². The van der Waals surface area contributed by atoms with Gasteiger partial charge in [-0.3, -0.25) is 0 Å². The Bertz CT molecular complexity index is 2670. The highest BCUT2D eigenvalue weighted by Crippen LogP contribution is 2.39. The molecule has 0 saturated heterocycles. The second-order valence-electron chi connectivity index (χ2n) is 12.9. The third kappa shape index (κ3) is 5.41. The minimum atomic E-state index is 0.969. The van der Waals surface area contributed by atoms with Gasteiger partial charge in [-0.05, 0) is 102 Å². The van der Waals surface area contributed by atoms with Gasteiger partial charge in [-0.15, -0.1) is 0 Å². The van der Waals surface area contributed by atoms with E-state index in [0.717, 1.165) is 22.5 Å². The van der Waals surface area contributed by atoms with Crippen LogP contribution in [0.25, 0.3) is 77.2 Å². The van der Waals surface area contributed by atoms with E-state index in [-0.39, 0.29) is 0 Å². The molecule has 0 amide bonds. The minimum Gasteiger partial charge on any atom is -0.313 e. The van der Waals surface area contributed by atoms with E-state index >= 15 is 0 Å². The lowest BCUT2D eigenvalue weighted by Gasteiger charge is -2.10. The number of aromatic nitrogens is 2. The second kappa shape index (κ2) is 12.9. The smallest absolute Gasteiger partial charge is 0.0547 e. The van der Waals surface area contributed by atoms with Gasteiger partial charge in [0, 0.05) is 32.9 Å². The summed E-state index contributed by atoms with van der Waals surface area (Å²) in [6, 6.07) is 50.7. The van der Waals surface area contributed by atoms with Crippen LogP contribution in [0.2, 0.25) is 0 Å². The molecule has 0 saturated carbocycles. The van der Waals surface area contributed by atoms with E-state index in [4.69, 9.17) is 0 Å². The Morgan fingerprint density at radius 3 is 1.80 bits per heavy atom. The molecule has 0 aliphatic carbocycles. The van der Waals surface area contributed by atoms with Crippen molar-refractivity contribution in [2.45, 2.75) is 13.8 Å². The molecule has 0 fully saturated rings. The van der Waals surface area contributed by atoms with E-state index in [0.29, 0.717) is 0 Å². The molecule has 50 heavy (non-hydrogen) atoms. The van der Waals surface area contributed by atoms with Crippen molar-refractivity contribution in [1.29, 1.82) is 0 Å². The third-order valence-corrected chi connectivity index (χ3v) is 9.76. The minimum absolute atomic E-state index is 0.969. The molecule has 0 spiro atoms. The Morgan fingerprint density at radius 1 is 0.520 bits per heavy atom. The van der Waals surface area contributed by atoms with Crippen molar-refractivity contribution in [2.75, 3.05) is 0 Å². The van der Waals surface area contributed by atoms with Crippen molar-refractivity contribution in [2.24, 2.45) is 0 Å². The molecule has 2 aromatic heterocycles. The molecule has 0 unspecified atom stereocenters. The van der Waals surface area contributed by atoms with Gasteiger partial charge >= 0.3 is 0 Å². The highest BCUT2D eigenvalue weighted by Gasteiger charge is 2.16. The highest BCUT2D eigenvalue weighted by atomic mass is 15.0. The normalized spacial score (nSPS) is 12.5. The van der Waals surface area contributed by atoms with Crippen molar-refractivity contribution in [3.63, 3.8) is 0 Å². The number of hydrogen-bond acceptors (Lipinski definition) is 0. The SMILES string of the molecule is C=C/C=C\C(=C)/C(C)=C/C=C(\C)n1c2ccc(-c3ccccc3)cc2c2cc(-c3ccc4c5ccccc5n(-c5ccccc5)c4c3)ccc21. The molecule has 0 bridgehead atoms. The van der Waals surface area contributed by atoms with Crippen LogP contribution >= 0.6 is 0 Å². The van der Waals surface area contributed by atoms with Crippen LogP contribution in [0, 0.1) is 0 Å². The number of rotatable bonds is 8. The number of hydrogen-bond donors (Lipinski definition) is 0. The maximum absolute atomic E-state index is 4.22. The van der Waals surface area contributed by atoms with Gasteiger partial charge in [-0.2, -0.15) is 0 Å². The quantitative estimate of drug-likeness (QED) is 0.146. The Hall–Kier alpha value is -6.38. The summed E-state index contributed by atoms with van der Waals surface area (Å²) in [7, 11) is 0. The average molecular weight is 643 g/mol. The Kier molecular flexibility index (Phi) is 7.98. The van der Waals surface area contributed by atoms with Crippen LogP contribution in [0.3, 0.4) is 0 Å². The highest BCUT2D eigenvalue weighted by molar-refractivity contribution is 6.13. The summed E-state index contributed by atoms with van der Waals surface area (Å²) in [6.07, 6.45) is 10.0. The molecular formula is C48H38N2. The summed E-state index contributed by atoms with van der Waals surface area (Å²) in [4.78, 5) is 0. The predicted octanol–water partition coefficient (Wildman–Crippen LogP) is 13.3. The summed E-state index contributed by atoms with van der Waals surface area (Å²) in [6.45, 7) is 12.3. The Balaban J connectivity index is 1.32. The molecule has 0 aliphatic heterocycles. The Morgan fingerprint density at radius 2 is 1.10 bits per heavy atom. The van der Waals surface area contributed by atoms with Crippen LogP contribution in [0.5, 0.6) is 0 Å². The number of para-hydroxylation sites is 2. The van der Waals surface area contributed by atoms with Gasteiger partial charge in [-0.25, -0.2) is 0 Å². The van der Waals surface area contributed by atoms with Gasteiger partial charge in [0.1, 0.15) is 0 Å². The molecular weight excluding hydrogens is 605 g/mol. The molecule has 6 aromatic carbocycles. The zero-order valence-corrected chi connectivity index (χ0v) is 28.5. The molecule has 8 aromatic rings. The van der Waals surface area contributed by atoms with Crippen molar-refractivity contribution in [1.82, 2.24) is 9.13 Å². The van der Waals surface area contributed by atoms with E-state index < -0.39 is 0 Å². The van der Waals surface area contributed by atoms with Crippen LogP contribution in [0.1, 0.15) is 13.8 Å². The van der Waals surface area contributed by atoms with Crippen LogP contribution in [0.15, 0.2) is 194 Å². The number of benzene rings is 6. The molecule has 8 rings (SSSR count). The molecule has 0 N–H and O–H groups in total. The van der Waals surface area contributed by atoms with Crippen molar-refractivity contribution < 1.29 is 0 Å². The third-order valence-electron chi connectivity index (χ3n) is 9.76. The van der Waals surface area contributed by atoms with Crippen molar-refractivity contribution >= 4 is 49.3 Å². The van der Waals surface area contributed by atoms with E-state index in [2.05, 4.69) is 188 Å². The maximum atomic E-state index is 4.22. The van der Waals surface area contributed by atoms with Gasteiger partial charge in [0.15, 0.2) is 0 Å². The van der Waals surface area contributed by atoms with E-state index in [1.165, 1.54) is 65.9 Å². The van der Waals surface area contributed by atoms with Gasteiger partial charge in [0.05, 0.1) is 22.1 Å². The summed E-state index contributed by atoms with van der Waals surface area (Å²) >= 11 is 0. The topological polar surface area (TPSA) is 9.86 Å². The maximum Gasteiger partial charge on any atom is 0.0547 e. The molecule has 2 nitrogen and oxygen atoms in total. The van der Waals surface area contributed by atoms with Gasteiger partial charge < -0.3 is 9.13 Å². The average Bonchev–Trinajstić information content (AvgIpc) is 3.68. The second-order valence-corrected chi connectivity index (χ2v) is 12.9. The van der Waals surface area contributed by atoms with Crippen LogP contribution in [-0.4, -0.2) is 9.13 Å². The monoisotopic (exact) mass is 642 g/mol. The summed E-state index contributed by atoms with van der Waals surface area (Å²) in [5.41, 5.74) is 14.0. The zero-order chi connectivity index (χ0) is 34.2.